The molecule has 7 heteroatoms. The number of carbonyl (C=O) groups is 2. The van der Waals surface area contributed by atoms with Gasteiger partial charge in [-0.3, -0.25) is 9.59 Å². The summed E-state index contributed by atoms with van der Waals surface area (Å²) in [7, 11) is 0. The summed E-state index contributed by atoms with van der Waals surface area (Å²) < 4.78 is 5.82. The lowest BCUT2D eigenvalue weighted by atomic mass is 10.2. The first-order valence-corrected chi connectivity index (χ1v) is 9.12. The summed E-state index contributed by atoms with van der Waals surface area (Å²) in [6, 6.07) is 15.9. The molecule has 7 nitrogen and oxygen atoms in total. The van der Waals surface area contributed by atoms with Gasteiger partial charge in [0.2, 0.25) is 0 Å². The monoisotopic (exact) mass is 390 g/mol. The van der Waals surface area contributed by atoms with Gasteiger partial charge in [-0.05, 0) is 57.2 Å². The van der Waals surface area contributed by atoms with Gasteiger partial charge >= 0.3 is 0 Å². The van der Waals surface area contributed by atoms with E-state index in [1.165, 1.54) is 13.0 Å². The molecule has 0 bridgehead atoms. The Balaban J connectivity index is 1.86. The molecule has 0 spiro atoms. The van der Waals surface area contributed by atoms with Crippen LogP contribution in [0.4, 0.5) is 5.82 Å². The number of benzene rings is 2. The Hall–Kier alpha value is -3.74. The maximum atomic E-state index is 11.7. The van der Waals surface area contributed by atoms with Gasteiger partial charge in [0.25, 0.3) is 5.91 Å². The third-order valence-electron chi connectivity index (χ3n) is 4.32. The van der Waals surface area contributed by atoms with E-state index in [9.17, 15) is 9.59 Å². The van der Waals surface area contributed by atoms with Crippen molar-refractivity contribution in [3.05, 3.63) is 65.9 Å². The average Bonchev–Trinajstić information content (AvgIpc) is 2.70. The topological polar surface area (TPSA) is 107 Å². The molecule has 0 aliphatic rings. The van der Waals surface area contributed by atoms with E-state index < -0.39 is 11.9 Å². The number of hydrogen-bond acceptors (Lipinski definition) is 6. The second kappa shape index (κ2) is 8.52. The van der Waals surface area contributed by atoms with Crippen molar-refractivity contribution in [2.24, 2.45) is 5.73 Å². The first-order valence-electron chi connectivity index (χ1n) is 9.12. The van der Waals surface area contributed by atoms with E-state index in [4.69, 9.17) is 10.5 Å². The van der Waals surface area contributed by atoms with Crippen LogP contribution in [0.5, 0.6) is 11.5 Å². The van der Waals surface area contributed by atoms with Gasteiger partial charge < -0.3 is 15.8 Å². The van der Waals surface area contributed by atoms with Crippen LogP contribution in [0.3, 0.4) is 0 Å². The molecular weight excluding hydrogens is 368 g/mol. The third kappa shape index (κ3) is 5.16. The Morgan fingerprint density at radius 2 is 1.59 bits per heavy atom. The van der Waals surface area contributed by atoms with Crippen molar-refractivity contribution in [1.29, 1.82) is 0 Å². The second-order valence-corrected chi connectivity index (χ2v) is 6.74. The lowest BCUT2D eigenvalue weighted by Crippen LogP contribution is -2.25. The number of Topliss-reactive ketones (excluding diaryl/α,β-unsaturated/α-hetero) is 1. The zero-order valence-electron chi connectivity index (χ0n) is 16.5. The van der Waals surface area contributed by atoms with Gasteiger partial charge in [0.05, 0.1) is 6.04 Å². The SMILES string of the molecule is CC(=O)[C@H](C)Nc1cc(C(N)=O)nc(-c2ccc(Oc3ccc(C)cc3)cc2)n1. The summed E-state index contributed by atoms with van der Waals surface area (Å²) in [5.74, 6) is 1.34. The minimum Gasteiger partial charge on any atom is -0.457 e. The van der Waals surface area contributed by atoms with Crippen LogP contribution in [0.1, 0.15) is 29.9 Å². The third-order valence-corrected chi connectivity index (χ3v) is 4.32. The van der Waals surface area contributed by atoms with Gasteiger partial charge in [-0.1, -0.05) is 17.7 Å². The highest BCUT2D eigenvalue weighted by molar-refractivity contribution is 5.92. The van der Waals surface area contributed by atoms with Crippen LogP contribution in [0.25, 0.3) is 11.4 Å². The van der Waals surface area contributed by atoms with Crippen molar-refractivity contribution in [2.45, 2.75) is 26.8 Å². The van der Waals surface area contributed by atoms with E-state index in [0.717, 1.165) is 11.3 Å². The number of carbonyl (C=O) groups excluding carboxylic acids is 2. The molecule has 0 aliphatic carbocycles. The molecule has 1 amide bonds. The number of nitrogens with one attached hydrogen (secondary N) is 1. The number of anilines is 1. The molecule has 3 rings (SSSR count). The van der Waals surface area contributed by atoms with Crippen LogP contribution in [-0.2, 0) is 4.79 Å². The number of aryl methyl sites for hydroxylation is 1. The highest BCUT2D eigenvalue weighted by Crippen LogP contribution is 2.25. The highest BCUT2D eigenvalue weighted by Gasteiger charge is 2.14. The zero-order valence-corrected chi connectivity index (χ0v) is 16.5. The minimum absolute atomic E-state index is 0.0524. The Morgan fingerprint density at radius 3 is 2.14 bits per heavy atom. The molecule has 0 saturated heterocycles. The van der Waals surface area contributed by atoms with Crippen molar-refractivity contribution in [1.82, 2.24) is 9.97 Å². The van der Waals surface area contributed by atoms with Crippen molar-refractivity contribution < 1.29 is 14.3 Å². The van der Waals surface area contributed by atoms with Crippen molar-refractivity contribution in [3.8, 4) is 22.9 Å². The first kappa shape index (κ1) is 20.0. The second-order valence-electron chi connectivity index (χ2n) is 6.74. The molecule has 2 aromatic carbocycles. The van der Waals surface area contributed by atoms with Crippen LogP contribution in [0.15, 0.2) is 54.6 Å². The summed E-state index contributed by atoms with van der Waals surface area (Å²) in [5, 5.41) is 2.96. The molecule has 0 radical (unpaired) electrons. The van der Waals surface area contributed by atoms with E-state index in [0.29, 0.717) is 23.0 Å². The number of primary amides is 1. The largest absolute Gasteiger partial charge is 0.457 e. The molecule has 3 N–H and O–H groups in total. The van der Waals surface area contributed by atoms with Crippen molar-refractivity contribution in [2.75, 3.05) is 5.32 Å². The Bertz CT molecular complexity index is 1030. The molecule has 148 valence electrons. The number of nitrogens with zero attached hydrogens (tertiary/aromatic N) is 2. The number of hydrogen-bond donors (Lipinski definition) is 2. The summed E-state index contributed by atoms with van der Waals surface area (Å²) in [6.07, 6.45) is 0. The van der Waals surface area contributed by atoms with Crippen molar-refractivity contribution in [3.63, 3.8) is 0 Å². The number of rotatable bonds is 7. The number of nitrogens with two attached hydrogens (primary N) is 1. The van der Waals surface area contributed by atoms with Crippen LogP contribution in [0, 0.1) is 6.92 Å². The zero-order chi connectivity index (χ0) is 21.0. The van der Waals surface area contributed by atoms with Gasteiger partial charge in [0.1, 0.15) is 23.0 Å². The Kier molecular flexibility index (Phi) is 5.87. The van der Waals surface area contributed by atoms with Gasteiger partial charge in [0, 0.05) is 11.6 Å². The van der Waals surface area contributed by atoms with Gasteiger partial charge in [-0.15, -0.1) is 0 Å². The number of ketones is 1. The van der Waals surface area contributed by atoms with Crippen LogP contribution in [-0.4, -0.2) is 27.7 Å². The van der Waals surface area contributed by atoms with E-state index in [-0.39, 0.29) is 11.5 Å². The Labute approximate surface area is 169 Å². The van der Waals surface area contributed by atoms with Crippen molar-refractivity contribution >= 4 is 17.5 Å². The highest BCUT2D eigenvalue weighted by atomic mass is 16.5. The average molecular weight is 390 g/mol. The van der Waals surface area contributed by atoms with Crippen LogP contribution < -0.4 is 15.8 Å². The molecule has 3 aromatic rings. The standard InChI is InChI=1S/C22H22N4O3/c1-13-4-8-17(9-5-13)29-18-10-6-16(7-11-18)22-25-19(21(23)28)12-20(26-22)24-14(2)15(3)27/h4-12,14H,1-3H3,(H2,23,28)(H,24,25,26)/t14-/m0/s1. The molecule has 0 aliphatic heterocycles. The van der Waals surface area contributed by atoms with Gasteiger partial charge in [0.15, 0.2) is 11.6 Å². The van der Waals surface area contributed by atoms with E-state index in [2.05, 4.69) is 15.3 Å². The first-order chi connectivity index (χ1) is 13.8. The van der Waals surface area contributed by atoms with E-state index >= 15 is 0 Å². The summed E-state index contributed by atoms with van der Waals surface area (Å²) in [6.45, 7) is 5.20. The molecule has 0 saturated carbocycles. The van der Waals surface area contributed by atoms with Gasteiger partial charge in [-0.2, -0.15) is 0 Å². The predicted octanol–water partition coefficient (Wildman–Crippen LogP) is 3.73. The molecule has 29 heavy (non-hydrogen) atoms. The fourth-order valence-electron chi connectivity index (χ4n) is 2.51. The number of ether oxygens (including phenoxy) is 1. The fraction of sp³-hybridized carbons (Fsp3) is 0.182. The molecule has 0 unspecified atom stereocenters. The molecule has 1 atom stereocenters. The molecule has 0 fully saturated rings. The maximum Gasteiger partial charge on any atom is 0.267 e. The minimum atomic E-state index is -0.675. The normalized spacial score (nSPS) is 11.6. The number of amides is 1. The molecule has 1 aromatic heterocycles. The fourth-order valence-corrected chi connectivity index (χ4v) is 2.51. The quantitative estimate of drug-likeness (QED) is 0.636. The lowest BCUT2D eigenvalue weighted by molar-refractivity contribution is -0.117. The predicted molar refractivity (Wildman–Crippen MR) is 111 cm³/mol. The molecular formula is C22H22N4O3. The summed E-state index contributed by atoms with van der Waals surface area (Å²) >= 11 is 0. The Morgan fingerprint density at radius 1 is 1.00 bits per heavy atom. The summed E-state index contributed by atoms with van der Waals surface area (Å²) in [5.41, 5.74) is 7.30. The summed E-state index contributed by atoms with van der Waals surface area (Å²) in [4.78, 5) is 31.8. The number of aromatic nitrogens is 2. The van der Waals surface area contributed by atoms with E-state index in [1.807, 2.05) is 31.2 Å². The van der Waals surface area contributed by atoms with Crippen LogP contribution >= 0.6 is 0 Å². The van der Waals surface area contributed by atoms with Crippen LogP contribution in [0.2, 0.25) is 0 Å². The van der Waals surface area contributed by atoms with E-state index in [1.54, 1.807) is 31.2 Å². The lowest BCUT2D eigenvalue weighted by Gasteiger charge is -2.13. The van der Waals surface area contributed by atoms with Gasteiger partial charge in [-0.25, -0.2) is 9.97 Å². The maximum absolute atomic E-state index is 11.7. The smallest absolute Gasteiger partial charge is 0.267 e. The molecule has 1 heterocycles.